The fraction of sp³-hybridized carbons (Fsp3) is 0.333. The van der Waals surface area contributed by atoms with Crippen molar-refractivity contribution in [2.45, 2.75) is 19.6 Å². The molecule has 5 nitrogen and oxygen atoms in total. The standard InChI is InChI=1S/C9H9NO4/c1-9(2)13-6-3-5(8(11)12)10-4-7(6)14-9/h3-4H,1-2H3,(H,11,12). The van der Waals surface area contributed by atoms with E-state index in [1.807, 2.05) is 0 Å². The molecule has 0 bridgehead atoms. The summed E-state index contributed by atoms with van der Waals surface area (Å²) in [5, 5.41) is 8.69. The normalized spacial score (nSPS) is 16.7. The van der Waals surface area contributed by atoms with Crippen molar-refractivity contribution in [1.29, 1.82) is 0 Å². The Morgan fingerprint density at radius 2 is 2.07 bits per heavy atom. The molecule has 5 heteroatoms. The summed E-state index contributed by atoms with van der Waals surface area (Å²) in [4.78, 5) is 14.3. The Morgan fingerprint density at radius 1 is 1.43 bits per heavy atom. The number of pyridine rings is 1. The van der Waals surface area contributed by atoms with Crippen LogP contribution in [0.3, 0.4) is 0 Å². The van der Waals surface area contributed by atoms with Crippen LogP contribution < -0.4 is 9.47 Å². The molecule has 0 aliphatic carbocycles. The molecule has 0 radical (unpaired) electrons. The van der Waals surface area contributed by atoms with Gasteiger partial charge in [0.15, 0.2) is 17.2 Å². The van der Waals surface area contributed by atoms with E-state index in [-0.39, 0.29) is 5.69 Å². The van der Waals surface area contributed by atoms with E-state index in [9.17, 15) is 4.79 Å². The summed E-state index contributed by atoms with van der Waals surface area (Å²) in [6, 6.07) is 1.35. The summed E-state index contributed by atoms with van der Waals surface area (Å²) in [5.41, 5.74) is -0.0509. The van der Waals surface area contributed by atoms with Crippen molar-refractivity contribution in [2.75, 3.05) is 0 Å². The molecule has 1 aliphatic heterocycles. The topological polar surface area (TPSA) is 68.7 Å². The van der Waals surface area contributed by atoms with E-state index in [2.05, 4.69) is 4.98 Å². The van der Waals surface area contributed by atoms with Gasteiger partial charge in [-0.2, -0.15) is 0 Å². The number of nitrogens with zero attached hydrogens (tertiary/aromatic N) is 1. The van der Waals surface area contributed by atoms with Crippen LogP contribution in [-0.2, 0) is 0 Å². The molecule has 0 fully saturated rings. The number of fused-ring (bicyclic) bond motifs is 1. The molecular formula is C9H9NO4. The number of hydrogen-bond acceptors (Lipinski definition) is 4. The second kappa shape index (κ2) is 2.60. The third-order valence-electron chi connectivity index (χ3n) is 1.76. The summed E-state index contributed by atoms with van der Waals surface area (Å²) < 4.78 is 10.7. The van der Waals surface area contributed by atoms with Gasteiger partial charge in [0.05, 0.1) is 6.20 Å². The monoisotopic (exact) mass is 195 g/mol. The molecule has 1 aliphatic rings. The summed E-state index contributed by atoms with van der Waals surface area (Å²) in [6.07, 6.45) is 1.35. The molecule has 1 aromatic rings. The second-order valence-corrected chi connectivity index (χ2v) is 3.43. The molecular weight excluding hydrogens is 186 g/mol. The average Bonchev–Trinajstić information content (AvgIpc) is 2.36. The summed E-state index contributed by atoms with van der Waals surface area (Å²) in [5.74, 6) is -0.940. The van der Waals surface area contributed by atoms with Crippen molar-refractivity contribution in [1.82, 2.24) is 4.98 Å². The van der Waals surface area contributed by atoms with Gasteiger partial charge in [-0.3, -0.25) is 0 Å². The first kappa shape index (κ1) is 8.80. The number of aromatic carboxylic acids is 1. The summed E-state index contributed by atoms with van der Waals surface area (Å²) in [6.45, 7) is 3.49. The van der Waals surface area contributed by atoms with Gasteiger partial charge in [0, 0.05) is 19.9 Å². The first-order chi connectivity index (χ1) is 6.48. The molecule has 0 aromatic carbocycles. The van der Waals surface area contributed by atoms with Crippen LogP contribution in [0.2, 0.25) is 0 Å². The first-order valence-corrected chi connectivity index (χ1v) is 4.09. The third kappa shape index (κ3) is 1.37. The largest absolute Gasteiger partial charge is 0.477 e. The number of carbonyl (C=O) groups is 1. The van der Waals surface area contributed by atoms with E-state index in [1.165, 1.54) is 12.3 Å². The van der Waals surface area contributed by atoms with Gasteiger partial charge in [-0.05, 0) is 0 Å². The number of ether oxygens (including phenoxy) is 2. The minimum absolute atomic E-state index is 0.0509. The molecule has 0 saturated carbocycles. The highest BCUT2D eigenvalue weighted by molar-refractivity contribution is 5.86. The van der Waals surface area contributed by atoms with Crippen LogP contribution in [0.5, 0.6) is 11.5 Å². The van der Waals surface area contributed by atoms with Crippen molar-refractivity contribution in [2.24, 2.45) is 0 Å². The van der Waals surface area contributed by atoms with Gasteiger partial charge in [0.2, 0.25) is 5.79 Å². The maximum atomic E-state index is 10.6. The van der Waals surface area contributed by atoms with Crippen molar-refractivity contribution >= 4 is 5.97 Å². The molecule has 0 saturated heterocycles. The Kier molecular flexibility index (Phi) is 1.64. The quantitative estimate of drug-likeness (QED) is 0.731. The summed E-state index contributed by atoms with van der Waals surface area (Å²) >= 11 is 0. The molecule has 0 spiro atoms. The maximum Gasteiger partial charge on any atom is 0.354 e. The van der Waals surface area contributed by atoms with E-state index in [4.69, 9.17) is 14.6 Å². The number of carboxylic acids is 1. The van der Waals surface area contributed by atoms with Crippen LogP contribution in [0.4, 0.5) is 0 Å². The zero-order valence-corrected chi connectivity index (χ0v) is 7.77. The van der Waals surface area contributed by atoms with Gasteiger partial charge in [-0.25, -0.2) is 9.78 Å². The molecule has 74 valence electrons. The van der Waals surface area contributed by atoms with Gasteiger partial charge < -0.3 is 14.6 Å². The lowest BCUT2D eigenvalue weighted by Gasteiger charge is -2.15. The minimum atomic E-state index is -1.08. The van der Waals surface area contributed by atoms with Crippen molar-refractivity contribution < 1.29 is 19.4 Å². The van der Waals surface area contributed by atoms with Crippen LogP contribution in [0.25, 0.3) is 0 Å². The predicted octanol–water partition coefficient (Wildman–Crippen LogP) is 1.29. The fourth-order valence-corrected chi connectivity index (χ4v) is 1.25. The van der Waals surface area contributed by atoms with Crippen LogP contribution in [0.1, 0.15) is 24.3 Å². The lowest BCUT2D eigenvalue weighted by molar-refractivity contribution is -0.0432. The lowest BCUT2D eigenvalue weighted by Crippen LogP contribution is -2.29. The van der Waals surface area contributed by atoms with E-state index in [1.54, 1.807) is 13.8 Å². The van der Waals surface area contributed by atoms with Crippen LogP contribution in [0, 0.1) is 0 Å². The lowest BCUT2D eigenvalue weighted by atomic mass is 10.3. The number of aromatic nitrogens is 1. The third-order valence-corrected chi connectivity index (χ3v) is 1.76. The molecule has 2 rings (SSSR count). The molecule has 0 atom stereocenters. The van der Waals surface area contributed by atoms with Gasteiger partial charge in [-0.15, -0.1) is 0 Å². The fourth-order valence-electron chi connectivity index (χ4n) is 1.25. The number of hydrogen-bond donors (Lipinski definition) is 1. The highest BCUT2D eigenvalue weighted by Gasteiger charge is 2.32. The van der Waals surface area contributed by atoms with E-state index >= 15 is 0 Å². The minimum Gasteiger partial charge on any atom is -0.477 e. The highest BCUT2D eigenvalue weighted by atomic mass is 16.7. The van der Waals surface area contributed by atoms with Crippen molar-refractivity contribution in [3.8, 4) is 11.5 Å². The molecule has 1 N–H and O–H groups in total. The average molecular weight is 195 g/mol. The number of carboxylic acid groups (broad SMARTS) is 1. The molecule has 14 heavy (non-hydrogen) atoms. The highest BCUT2D eigenvalue weighted by Crippen LogP contribution is 2.38. The Labute approximate surface area is 80.3 Å². The predicted molar refractivity (Wildman–Crippen MR) is 46.5 cm³/mol. The number of rotatable bonds is 1. The van der Waals surface area contributed by atoms with E-state index in [0.29, 0.717) is 11.5 Å². The van der Waals surface area contributed by atoms with Gasteiger partial charge in [-0.1, -0.05) is 0 Å². The molecule has 1 aromatic heterocycles. The van der Waals surface area contributed by atoms with Crippen molar-refractivity contribution in [3.05, 3.63) is 18.0 Å². The van der Waals surface area contributed by atoms with Crippen LogP contribution in [0.15, 0.2) is 12.3 Å². The SMILES string of the molecule is CC1(C)Oc2cnc(C(=O)O)cc2O1. The van der Waals surface area contributed by atoms with E-state index < -0.39 is 11.8 Å². The summed E-state index contributed by atoms with van der Waals surface area (Å²) in [7, 11) is 0. The van der Waals surface area contributed by atoms with E-state index in [0.717, 1.165) is 0 Å². The van der Waals surface area contributed by atoms with Gasteiger partial charge in [0.25, 0.3) is 0 Å². The molecule has 0 amide bonds. The zero-order valence-electron chi connectivity index (χ0n) is 7.77. The smallest absolute Gasteiger partial charge is 0.354 e. The van der Waals surface area contributed by atoms with Crippen LogP contribution >= 0.6 is 0 Å². The molecule has 0 unspecified atom stereocenters. The van der Waals surface area contributed by atoms with Crippen molar-refractivity contribution in [3.63, 3.8) is 0 Å². The van der Waals surface area contributed by atoms with Gasteiger partial charge >= 0.3 is 5.97 Å². The maximum absolute atomic E-state index is 10.6. The Bertz CT molecular complexity index is 400. The molecule has 2 heterocycles. The second-order valence-electron chi connectivity index (χ2n) is 3.43. The van der Waals surface area contributed by atoms with Gasteiger partial charge in [0.1, 0.15) is 0 Å². The van der Waals surface area contributed by atoms with Crippen LogP contribution in [-0.4, -0.2) is 21.8 Å². The first-order valence-electron chi connectivity index (χ1n) is 4.09. The zero-order chi connectivity index (χ0) is 10.3. The Morgan fingerprint density at radius 3 is 2.71 bits per heavy atom. The Hall–Kier alpha value is -1.78. The Balaban J connectivity index is 2.40.